The average molecular weight is 331 g/mol. The summed E-state index contributed by atoms with van der Waals surface area (Å²) in [5.74, 6) is 0. The minimum absolute atomic E-state index is 0.278. The van der Waals surface area contributed by atoms with E-state index in [0.29, 0.717) is 6.07 Å². The van der Waals surface area contributed by atoms with Crippen LogP contribution in [0.25, 0.3) is 0 Å². The number of hydrogen-bond acceptors (Lipinski definition) is 2. The predicted octanol–water partition coefficient (Wildman–Crippen LogP) is 3.56. The summed E-state index contributed by atoms with van der Waals surface area (Å²) < 4.78 is 60.4. The molecule has 1 aromatic carbocycles. The largest absolute Gasteiger partial charge is 0.416 e. The van der Waals surface area contributed by atoms with Crippen LogP contribution in [-0.2, 0) is 16.0 Å². The maximum absolute atomic E-state index is 12.6. The lowest BCUT2D eigenvalue weighted by Crippen LogP contribution is -2.08. The molecule has 1 unspecified atom stereocenters. The van der Waals surface area contributed by atoms with Crippen LogP contribution in [0.4, 0.5) is 13.2 Å². The Morgan fingerprint density at radius 2 is 1.76 bits per heavy atom. The minimum Gasteiger partial charge on any atom is -0.224 e. The minimum atomic E-state index is -4.56. The zero-order chi connectivity index (χ0) is 13.4. The third-order valence-electron chi connectivity index (χ3n) is 2.14. The summed E-state index contributed by atoms with van der Waals surface area (Å²) in [7, 11) is -3.66. The fourth-order valence-electron chi connectivity index (χ4n) is 1.23. The molecule has 0 heterocycles. The Bertz CT molecular complexity index is 521. The van der Waals surface area contributed by atoms with Gasteiger partial charge in [0.05, 0.1) is 10.5 Å². The average Bonchev–Trinajstić information content (AvgIpc) is 2.14. The van der Waals surface area contributed by atoms with Gasteiger partial charge in [0.15, 0.2) is 9.84 Å². The second-order valence-electron chi connectivity index (χ2n) is 3.68. The summed E-state index contributed by atoms with van der Waals surface area (Å²) in [5.41, 5.74) is -0.679. The molecule has 0 aromatic heterocycles. The van der Waals surface area contributed by atoms with Crippen LogP contribution in [0.5, 0.6) is 0 Å². The molecule has 1 rings (SSSR count). The van der Waals surface area contributed by atoms with E-state index in [-0.39, 0.29) is 15.3 Å². The SMILES string of the molecule is CC(Br)c1cc(C(F)(F)F)cc(S(C)(=O)=O)c1. The molecule has 0 aliphatic carbocycles. The molecule has 17 heavy (non-hydrogen) atoms. The first-order chi connectivity index (χ1) is 7.51. The van der Waals surface area contributed by atoms with Gasteiger partial charge < -0.3 is 0 Å². The highest BCUT2D eigenvalue weighted by Gasteiger charge is 2.32. The maximum Gasteiger partial charge on any atom is 0.416 e. The van der Waals surface area contributed by atoms with E-state index in [9.17, 15) is 21.6 Å². The fourth-order valence-corrected chi connectivity index (χ4v) is 2.19. The highest BCUT2D eigenvalue weighted by atomic mass is 79.9. The first kappa shape index (κ1) is 14.5. The zero-order valence-corrected chi connectivity index (χ0v) is 11.4. The number of sulfone groups is 1. The van der Waals surface area contributed by atoms with Gasteiger partial charge in [-0.2, -0.15) is 13.2 Å². The number of alkyl halides is 4. The van der Waals surface area contributed by atoms with E-state index >= 15 is 0 Å². The molecule has 0 aliphatic rings. The van der Waals surface area contributed by atoms with Crippen LogP contribution in [-0.4, -0.2) is 14.7 Å². The van der Waals surface area contributed by atoms with E-state index < -0.39 is 21.6 Å². The van der Waals surface area contributed by atoms with Gasteiger partial charge in [0, 0.05) is 11.1 Å². The molecule has 0 amide bonds. The Morgan fingerprint density at radius 1 is 1.24 bits per heavy atom. The van der Waals surface area contributed by atoms with Crippen LogP contribution in [0.1, 0.15) is 22.9 Å². The molecule has 0 fully saturated rings. The second kappa shape index (κ2) is 4.61. The molecular weight excluding hydrogens is 321 g/mol. The van der Waals surface area contributed by atoms with Gasteiger partial charge in [-0.05, 0) is 30.7 Å². The predicted molar refractivity (Wildman–Crippen MR) is 61.9 cm³/mol. The van der Waals surface area contributed by atoms with E-state index in [1.54, 1.807) is 6.92 Å². The van der Waals surface area contributed by atoms with Crippen molar-refractivity contribution in [3.63, 3.8) is 0 Å². The van der Waals surface area contributed by atoms with Gasteiger partial charge in [-0.1, -0.05) is 15.9 Å². The number of rotatable bonds is 2. The van der Waals surface area contributed by atoms with Gasteiger partial charge in [0.25, 0.3) is 0 Å². The molecule has 2 nitrogen and oxygen atoms in total. The molecule has 0 saturated heterocycles. The summed E-state index contributed by atoms with van der Waals surface area (Å²) in [6, 6.07) is 2.83. The van der Waals surface area contributed by atoms with E-state index in [2.05, 4.69) is 15.9 Å². The lowest BCUT2D eigenvalue weighted by atomic mass is 10.1. The first-order valence-corrected chi connectivity index (χ1v) is 7.39. The fraction of sp³-hybridized carbons (Fsp3) is 0.400. The summed E-state index contributed by atoms with van der Waals surface area (Å²) >= 11 is 3.12. The molecule has 96 valence electrons. The third kappa shape index (κ3) is 3.70. The third-order valence-corrected chi connectivity index (χ3v) is 3.76. The van der Waals surface area contributed by atoms with E-state index in [1.165, 1.54) is 6.07 Å². The van der Waals surface area contributed by atoms with Gasteiger partial charge in [0.1, 0.15) is 0 Å². The van der Waals surface area contributed by atoms with Crippen molar-refractivity contribution in [2.45, 2.75) is 22.8 Å². The quantitative estimate of drug-likeness (QED) is 0.777. The van der Waals surface area contributed by atoms with Gasteiger partial charge in [0.2, 0.25) is 0 Å². The van der Waals surface area contributed by atoms with Crippen molar-refractivity contribution < 1.29 is 21.6 Å². The van der Waals surface area contributed by atoms with Crippen LogP contribution in [0.2, 0.25) is 0 Å². The van der Waals surface area contributed by atoms with Crippen LogP contribution in [0, 0.1) is 0 Å². The molecule has 1 atom stereocenters. The van der Waals surface area contributed by atoms with Gasteiger partial charge in [-0.15, -0.1) is 0 Å². The summed E-state index contributed by atoms with van der Waals surface area (Å²) in [5, 5.41) is 0. The normalized spacial score (nSPS) is 14.7. The Hall–Kier alpha value is -0.560. The molecule has 0 spiro atoms. The van der Waals surface area contributed by atoms with E-state index in [0.717, 1.165) is 12.3 Å². The molecule has 0 aliphatic heterocycles. The maximum atomic E-state index is 12.6. The molecule has 0 bridgehead atoms. The summed E-state index contributed by atoms with van der Waals surface area (Å²) in [6.45, 7) is 1.63. The standard InChI is InChI=1S/C10H10BrF3O2S/c1-6(11)7-3-8(10(12,13)14)5-9(4-7)17(2,15)16/h3-6H,1-2H3. The van der Waals surface area contributed by atoms with Crippen molar-refractivity contribution >= 4 is 25.8 Å². The molecule has 7 heteroatoms. The Kier molecular flexibility index (Phi) is 3.93. The molecular formula is C10H10BrF3O2S. The van der Waals surface area contributed by atoms with Crippen molar-refractivity contribution in [1.82, 2.24) is 0 Å². The Balaban J connectivity index is 3.51. The van der Waals surface area contributed by atoms with Crippen molar-refractivity contribution in [3.05, 3.63) is 29.3 Å². The van der Waals surface area contributed by atoms with Crippen LogP contribution >= 0.6 is 15.9 Å². The number of hydrogen-bond donors (Lipinski definition) is 0. The monoisotopic (exact) mass is 330 g/mol. The number of halogens is 4. The topological polar surface area (TPSA) is 34.1 Å². The van der Waals surface area contributed by atoms with Crippen molar-refractivity contribution in [2.24, 2.45) is 0 Å². The van der Waals surface area contributed by atoms with Gasteiger partial charge in [-0.25, -0.2) is 8.42 Å². The van der Waals surface area contributed by atoms with Crippen LogP contribution in [0.15, 0.2) is 23.1 Å². The molecule has 1 aromatic rings. The number of benzene rings is 1. The summed E-state index contributed by atoms with van der Waals surface area (Å²) in [4.78, 5) is -0.682. The van der Waals surface area contributed by atoms with Crippen LogP contribution < -0.4 is 0 Å². The van der Waals surface area contributed by atoms with E-state index in [1.807, 2.05) is 0 Å². The molecule has 0 N–H and O–H groups in total. The lowest BCUT2D eigenvalue weighted by molar-refractivity contribution is -0.137. The molecule has 0 saturated carbocycles. The zero-order valence-electron chi connectivity index (χ0n) is 9.05. The van der Waals surface area contributed by atoms with Crippen LogP contribution in [0.3, 0.4) is 0 Å². The Labute approximate surface area is 106 Å². The lowest BCUT2D eigenvalue weighted by Gasteiger charge is -2.12. The summed E-state index contributed by atoms with van der Waals surface area (Å²) in [6.07, 6.45) is -3.68. The highest BCUT2D eigenvalue weighted by Crippen LogP contribution is 2.34. The van der Waals surface area contributed by atoms with Crippen molar-refractivity contribution in [2.75, 3.05) is 6.26 Å². The van der Waals surface area contributed by atoms with Gasteiger partial charge >= 0.3 is 6.18 Å². The van der Waals surface area contributed by atoms with Crippen molar-refractivity contribution in [3.8, 4) is 0 Å². The van der Waals surface area contributed by atoms with Gasteiger partial charge in [-0.3, -0.25) is 0 Å². The van der Waals surface area contributed by atoms with E-state index in [4.69, 9.17) is 0 Å². The molecule has 0 radical (unpaired) electrons. The smallest absolute Gasteiger partial charge is 0.224 e. The highest BCUT2D eigenvalue weighted by molar-refractivity contribution is 9.09. The Morgan fingerprint density at radius 3 is 2.12 bits per heavy atom. The second-order valence-corrected chi connectivity index (χ2v) is 7.07. The first-order valence-electron chi connectivity index (χ1n) is 4.58. The van der Waals surface area contributed by atoms with Crippen molar-refractivity contribution in [1.29, 1.82) is 0 Å².